The van der Waals surface area contributed by atoms with Gasteiger partial charge in [-0.05, 0) is 25.1 Å². The van der Waals surface area contributed by atoms with Gasteiger partial charge in [-0.15, -0.1) is 33.3 Å². The predicted octanol–water partition coefficient (Wildman–Crippen LogP) is 2.15. The fourth-order valence-corrected chi connectivity index (χ4v) is 8.80. The fourth-order valence-electron chi connectivity index (χ4n) is 4.27. The van der Waals surface area contributed by atoms with Gasteiger partial charge in [-0.1, -0.05) is 45.9 Å². The first-order valence-electron chi connectivity index (χ1n) is 12.9. The number of amides is 4. The number of carboxylic acids is 1. The summed E-state index contributed by atoms with van der Waals surface area (Å²) in [4.78, 5) is 72.8. The van der Waals surface area contributed by atoms with E-state index in [4.69, 9.17) is 16.4 Å². The lowest BCUT2D eigenvalue weighted by atomic mass is 9.89. The quantitative estimate of drug-likeness (QED) is 0.0662. The van der Waals surface area contributed by atoms with E-state index in [9.17, 15) is 29.1 Å². The van der Waals surface area contributed by atoms with E-state index < -0.39 is 47.1 Å². The summed E-state index contributed by atoms with van der Waals surface area (Å²) >= 11 is 10.8. The molecule has 45 heavy (non-hydrogen) atoms. The third-order valence-corrected chi connectivity index (χ3v) is 11.3. The number of anilines is 2. The lowest BCUT2D eigenvalue weighted by molar-refractivity contribution is -0.157. The molecule has 0 spiro atoms. The SMILES string of the molecule is Cc1nnc(SCC2(C(=O)O)CS[C@@H]3C(NC(=O)C(=NOCC(=O)Nc4cccc(Cl)c4)c4csc(NC=O)n4)C(=O)N3C2)s1. The van der Waals surface area contributed by atoms with Gasteiger partial charge in [-0.25, -0.2) is 4.98 Å². The van der Waals surface area contributed by atoms with Crippen LogP contribution in [0.25, 0.3) is 0 Å². The molecule has 2 unspecified atom stereocenters. The van der Waals surface area contributed by atoms with Gasteiger partial charge in [0.1, 0.15) is 27.5 Å². The van der Waals surface area contributed by atoms with Gasteiger partial charge < -0.3 is 30.8 Å². The summed E-state index contributed by atoms with van der Waals surface area (Å²) in [5, 5.41) is 31.8. The Morgan fingerprint density at radius 2 is 2.16 bits per heavy atom. The monoisotopic (exact) mass is 710 g/mol. The number of nitrogens with one attached hydrogen (secondary N) is 3. The zero-order valence-corrected chi connectivity index (χ0v) is 27.1. The summed E-state index contributed by atoms with van der Waals surface area (Å²) in [7, 11) is 0. The molecule has 15 nitrogen and oxygen atoms in total. The van der Waals surface area contributed by atoms with E-state index in [1.807, 2.05) is 0 Å². The Labute approximate surface area is 276 Å². The standard InChI is InChI=1S/C25H23ClN8O7S4/c1-12-31-32-24(45-12)44-10-25(22(39)40)8-34-20(38)18(21(34)43-9-25)30-19(37)17(15-7-42-23(29-15)27-11-35)33-41-6-16(36)28-14-4-2-3-13(26)5-14/h2-5,7,11,18,21H,6,8-10H2,1H3,(H,28,36)(H,30,37)(H,39,40)(H,27,29,35)/t18?,21-,25?/m1/s1. The molecule has 2 aromatic heterocycles. The van der Waals surface area contributed by atoms with E-state index in [-0.39, 0.29) is 34.6 Å². The molecule has 2 fully saturated rings. The molecule has 3 atom stereocenters. The minimum Gasteiger partial charge on any atom is -0.481 e. The van der Waals surface area contributed by atoms with Crippen molar-refractivity contribution in [2.75, 3.05) is 35.3 Å². The highest BCUT2D eigenvalue weighted by Gasteiger charge is 2.57. The van der Waals surface area contributed by atoms with E-state index in [1.165, 1.54) is 45.1 Å². The van der Waals surface area contributed by atoms with Crippen molar-refractivity contribution in [2.45, 2.75) is 22.7 Å². The van der Waals surface area contributed by atoms with Crippen molar-refractivity contribution in [1.82, 2.24) is 25.4 Å². The average molecular weight is 711 g/mol. The number of carbonyl (C=O) groups excluding carboxylic acids is 4. The second-order valence-corrected chi connectivity index (χ2v) is 14.5. The third-order valence-electron chi connectivity index (χ3n) is 6.47. The third kappa shape index (κ3) is 7.55. The second kappa shape index (κ2) is 14.1. The number of fused-ring (bicyclic) bond motifs is 1. The van der Waals surface area contributed by atoms with Gasteiger partial charge in [0.2, 0.25) is 12.3 Å². The van der Waals surface area contributed by atoms with Crippen LogP contribution in [0.1, 0.15) is 10.7 Å². The highest BCUT2D eigenvalue weighted by atomic mass is 35.5. The molecule has 4 N–H and O–H groups in total. The highest BCUT2D eigenvalue weighted by Crippen LogP contribution is 2.44. The number of halogens is 1. The van der Waals surface area contributed by atoms with Crippen LogP contribution >= 0.6 is 57.8 Å². The zero-order valence-electron chi connectivity index (χ0n) is 23.1. The van der Waals surface area contributed by atoms with Crippen molar-refractivity contribution in [2.24, 2.45) is 10.6 Å². The molecule has 236 valence electrons. The molecule has 5 rings (SSSR count). The second-order valence-electron chi connectivity index (χ2n) is 9.65. The minimum atomic E-state index is -1.22. The number of carboxylic acid groups (broad SMARTS) is 1. The van der Waals surface area contributed by atoms with Crippen LogP contribution in [0.3, 0.4) is 0 Å². The number of aryl methyl sites for hydroxylation is 1. The van der Waals surface area contributed by atoms with E-state index >= 15 is 0 Å². The summed E-state index contributed by atoms with van der Waals surface area (Å²) in [5.41, 5.74) is -1.09. The van der Waals surface area contributed by atoms with Crippen molar-refractivity contribution in [3.05, 3.63) is 45.4 Å². The molecule has 2 saturated heterocycles. The number of hydrogen-bond donors (Lipinski definition) is 4. The molecular formula is C25H23ClN8O7S4. The number of hydrogen-bond acceptors (Lipinski definition) is 14. The molecule has 20 heteroatoms. The van der Waals surface area contributed by atoms with Crippen LogP contribution in [0.15, 0.2) is 39.1 Å². The number of thiazole rings is 1. The van der Waals surface area contributed by atoms with Gasteiger partial charge in [-0.2, -0.15) is 0 Å². The van der Waals surface area contributed by atoms with Crippen LogP contribution in [0, 0.1) is 12.3 Å². The molecule has 0 saturated carbocycles. The highest BCUT2D eigenvalue weighted by molar-refractivity contribution is 8.01. The van der Waals surface area contributed by atoms with Crippen LogP contribution in [-0.4, -0.2) is 97.1 Å². The Balaban J connectivity index is 1.24. The summed E-state index contributed by atoms with van der Waals surface area (Å²) < 4.78 is 0.643. The first-order chi connectivity index (χ1) is 21.6. The number of aromatic nitrogens is 3. The molecule has 0 bridgehead atoms. The van der Waals surface area contributed by atoms with E-state index in [0.717, 1.165) is 16.3 Å². The predicted molar refractivity (Wildman–Crippen MR) is 170 cm³/mol. The van der Waals surface area contributed by atoms with Crippen molar-refractivity contribution in [3.8, 4) is 0 Å². The summed E-state index contributed by atoms with van der Waals surface area (Å²) in [6, 6.07) is 5.51. The smallest absolute Gasteiger partial charge is 0.313 e. The summed E-state index contributed by atoms with van der Waals surface area (Å²) in [6.07, 6.45) is 0.419. The lowest BCUT2D eigenvalue weighted by Gasteiger charge is -2.53. The van der Waals surface area contributed by atoms with Crippen molar-refractivity contribution in [1.29, 1.82) is 0 Å². The topological polar surface area (TPSA) is 205 Å². The Bertz CT molecular complexity index is 1670. The zero-order chi connectivity index (χ0) is 32.1. The van der Waals surface area contributed by atoms with E-state index in [1.54, 1.807) is 31.2 Å². The average Bonchev–Trinajstić information content (AvgIpc) is 3.65. The first kappa shape index (κ1) is 32.6. The molecule has 1 aromatic carbocycles. The summed E-state index contributed by atoms with van der Waals surface area (Å²) in [6.45, 7) is 1.21. The van der Waals surface area contributed by atoms with Gasteiger partial charge in [0, 0.05) is 34.1 Å². The maximum Gasteiger partial charge on any atom is 0.313 e. The maximum atomic E-state index is 13.4. The van der Waals surface area contributed by atoms with E-state index in [0.29, 0.717) is 21.5 Å². The lowest BCUT2D eigenvalue weighted by Crippen LogP contribution is -2.74. The fraction of sp³-hybridized carbons (Fsp3) is 0.320. The number of β-lactam (4-membered cyclic amide) rings is 1. The van der Waals surface area contributed by atoms with Crippen LogP contribution in [0.5, 0.6) is 0 Å². The Kier molecular flexibility index (Phi) is 10.2. The number of thioether (sulfide) groups is 2. The van der Waals surface area contributed by atoms with Gasteiger partial charge in [0.25, 0.3) is 11.8 Å². The van der Waals surface area contributed by atoms with Crippen molar-refractivity contribution < 1.29 is 33.9 Å². The Morgan fingerprint density at radius 1 is 1.33 bits per heavy atom. The molecule has 3 aromatic rings. The number of oxime groups is 1. The maximum absolute atomic E-state index is 13.4. The van der Waals surface area contributed by atoms with Gasteiger partial charge in [0.05, 0.1) is 0 Å². The molecule has 4 amide bonds. The van der Waals surface area contributed by atoms with Crippen molar-refractivity contribution in [3.63, 3.8) is 0 Å². The van der Waals surface area contributed by atoms with Crippen LogP contribution in [0.2, 0.25) is 5.02 Å². The number of carbonyl (C=O) groups is 5. The van der Waals surface area contributed by atoms with Crippen molar-refractivity contribution >= 4 is 104 Å². The van der Waals surface area contributed by atoms with Gasteiger partial charge in [-0.3, -0.25) is 24.0 Å². The summed E-state index contributed by atoms with van der Waals surface area (Å²) in [5.74, 6) is -2.48. The number of aliphatic carboxylic acids is 1. The largest absolute Gasteiger partial charge is 0.481 e. The molecule has 0 radical (unpaired) electrons. The van der Waals surface area contributed by atoms with Gasteiger partial charge >= 0.3 is 5.97 Å². The van der Waals surface area contributed by atoms with Crippen LogP contribution < -0.4 is 16.0 Å². The van der Waals surface area contributed by atoms with Gasteiger partial charge in [0.15, 0.2) is 21.8 Å². The first-order valence-corrected chi connectivity index (χ1v) is 17.0. The number of rotatable bonds is 13. The molecular weight excluding hydrogens is 688 g/mol. The molecule has 4 heterocycles. The molecule has 2 aliphatic heterocycles. The molecule has 0 aliphatic carbocycles. The number of benzene rings is 1. The van der Waals surface area contributed by atoms with E-state index in [2.05, 4.69) is 36.3 Å². The van der Waals surface area contributed by atoms with Crippen LogP contribution in [-0.2, 0) is 28.8 Å². The Hall–Kier alpha value is -3.78. The molecule has 2 aliphatic rings. The number of nitrogens with zero attached hydrogens (tertiary/aromatic N) is 5. The van der Waals surface area contributed by atoms with Crippen LogP contribution in [0.4, 0.5) is 10.8 Å². The Morgan fingerprint density at radius 3 is 2.87 bits per heavy atom. The minimum absolute atomic E-state index is 0.0331. The normalized spacial score (nSPS) is 20.9.